The lowest BCUT2D eigenvalue weighted by molar-refractivity contribution is -0.384. The molecule has 0 fully saturated rings. The number of aromatic nitrogens is 2. The number of hydrogen-bond acceptors (Lipinski definition) is 6. The molecule has 4 rings (SSSR count). The molecule has 0 bridgehead atoms. The first kappa shape index (κ1) is 22.3. The Morgan fingerprint density at radius 2 is 1.91 bits per heavy atom. The number of halogens is 3. The zero-order valence-corrected chi connectivity index (χ0v) is 17.3. The Morgan fingerprint density at radius 3 is 2.52 bits per heavy atom. The van der Waals surface area contributed by atoms with E-state index in [1.807, 2.05) is 0 Å². The van der Waals surface area contributed by atoms with Crippen LogP contribution in [0.3, 0.4) is 0 Å². The van der Waals surface area contributed by atoms with Gasteiger partial charge in [0.2, 0.25) is 11.5 Å². The summed E-state index contributed by atoms with van der Waals surface area (Å²) in [6.45, 7) is 0.808. The fourth-order valence-corrected chi connectivity index (χ4v) is 3.64. The van der Waals surface area contributed by atoms with Gasteiger partial charge in [-0.2, -0.15) is 13.2 Å². The molecule has 172 valence electrons. The summed E-state index contributed by atoms with van der Waals surface area (Å²) in [4.78, 5) is 10.7. The maximum absolute atomic E-state index is 14.2. The van der Waals surface area contributed by atoms with Crippen LogP contribution in [0.4, 0.5) is 24.7 Å². The van der Waals surface area contributed by atoms with Crippen molar-refractivity contribution < 1.29 is 27.7 Å². The number of nitro benzene ring substituents is 1. The van der Waals surface area contributed by atoms with E-state index in [-0.39, 0.29) is 29.0 Å². The average molecular weight is 460 g/mol. The van der Waals surface area contributed by atoms with Gasteiger partial charge in [-0.25, -0.2) is 0 Å². The molecule has 11 heteroatoms. The van der Waals surface area contributed by atoms with Crippen LogP contribution in [-0.4, -0.2) is 32.5 Å². The molecule has 2 heterocycles. The summed E-state index contributed by atoms with van der Waals surface area (Å²) in [5, 5.41) is 28.3. The minimum atomic E-state index is -5.07. The van der Waals surface area contributed by atoms with E-state index in [9.17, 15) is 28.4 Å². The Labute approximate surface area is 185 Å². The van der Waals surface area contributed by atoms with Crippen molar-refractivity contribution in [2.24, 2.45) is 0 Å². The number of benzene rings is 2. The maximum Gasteiger partial charge on any atom is 0.423 e. The fourth-order valence-electron chi connectivity index (χ4n) is 3.64. The molecule has 33 heavy (non-hydrogen) atoms. The summed E-state index contributed by atoms with van der Waals surface area (Å²) < 4.78 is 49.0. The van der Waals surface area contributed by atoms with Crippen molar-refractivity contribution in [1.29, 1.82) is 0 Å². The SMILES string of the molecule is Cc1cc(NCC(O)(c2cn(Cc3ccccc3)c3cc([N+](=O)[O-])ccc23)C(F)(F)F)on1. The number of aryl methyl sites for hydroxylation is 1. The molecule has 0 aliphatic heterocycles. The highest BCUT2D eigenvalue weighted by Crippen LogP contribution is 2.43. The Balaban J connectivity index is 1.84. The number of rotatable bonds is 7. The van der Waals surface area contributed by atoms with Crippen molar-refractivity contribution in [2.45, 2.75) is 25.2 Å². The summed E-state index contributed by atoms with van der Waals surface area (Å²) >= 11 is 0. The molecule has 1 atom stereocenters. The largest absolute Gasteiger partial charge is 0.423 e. The number of aliphatic hydroxyl groups is 1. The molecule has 1 unspecified atom stereocenters. The third-order valence-corrected chi connectivity index (χ3v) is 5.33. The number of nitro groups is 1. The lowest BCUT2D eigenvalue weighted by Crippen LogP contribution is -2.47. The third-order valence-electron chi connectivity index (χ3n) is 5.33. The number of fused-ring (bicyclic) bond motifs is 1. The molecule has 0 amide bonds. The summed E-state index contributed by atoms with van der Waals surface area (Å²) in [6.07, 6.45) is -3.88. The molecule has 8 nitrogen and oxygen atoms in total. The summed E-state index contributed by atoms with van der Waals surface area (Å²) in [5.74, 6) is -0.0289. The van der Waals surface area contributed by atoms with E-state index in [1.165, 1.54) is 29.0 Å². The second kappa shape index (κ2) is 8.24. The summed E-state index contributed by atoms with van der Waals surface area (Å²) in [5.41, 5.74) is -2.59. The number of hydrogen-bond donors (Lipinski definition) is 2. The van der Waals surface area contributed by atoms with Crippen LogP contribution >= 0.6 is 0 Å². The van der Waals surface area contributed by atoms with Crippen molar-refractivity contribution in [1.82, 2.24) is 9.72 Å². The van der Waals surface area contributed by atoms with Crippen molar-refractivity contribution in [3.05, 3.63) is 87.7 Å². The van der Waals surface area contributed by atoms with Gasteiger partial charge < -0.3 is 19.5 Å². The number of alkyl halides is 3. The topological polar surface area (TPSA) is 106 Å². The normalized spacial score (nSPS) is 13.7. The Hall–Kier alpha value is -3.86. The number of nitrogens with zero attached hydrogens (tertiary/aromatic N) is 3. The molecule has 2 aromatic carbocycles. The molecule has 2 aromatic heterocycles. The van der Waals surface area contributed by atoms with Gasteiger partial charge in [-0.3, -0.25) is 10.1 Å². The van der Waals surface area contributed by atoms with Crippen molar-refractivity contribution in [3.8, 4) is 0 Å². The van der Waals surface area contributed by atoms with Crippen LogP contribution in [0.1, 0.15) is 16.8 Å². The Kier molecular flexibility index (Phi) is 5.58. The van der Waals surface area contributed by atoms with Gasteiger partial charge in [0.05, 0.1) is 22.7 Å². The second-order valence-electron chi connectivity index (χ2n) is 7.66. The molecule has 0 saturated heterocycles. The van der Waals surface area contributed by atoms with Gasteiger partial charge in [-0.05, 0) is 18.6 Å². The lowest BCUT2D eigenvalue weighted by Gasteiger charge is -2.30. The Morgan fingerprint density at radius 1 is 1.18 bits per heavy atom. The van der Waals surface area contributed by atoms with Crippen molar-refractivity contribution >= 4 is 22.5 Å². The predicted molar refractivity (Wildman–Crippen MR) is 114 cm³/mol. The molecular formula is C22H19F3N4O4. The maximum atomic E-state index is 14.2. The molecule has 0 aliphatic carbocycles. The third kappa shape index (κ3) is 4.27. The Bertz CT molecular complexity index is 1300. The monoisotopic (exact) mass is 460 g/mol. The van der Waals surface area contributed by atoms with E-state index in [0.29, 0.717) is 5.69 Å². The first-order chi connectivity index (χ1) is 15.6. The van der Waals surface area contributed by atoms with Crippen LogP contribution in [-0.2, 0) is 12.1 Å². The first-order valence-electron chi connectivity index (χ1n) is 9.86. The van der Waals surface area contributed by atoms with E-state index >= 15 is 0 Å². The molecule has 2 N–H and O–H groups in total. The van der Waals surface area contributed by atoms with Gasteiger partial charge in [0.15, 0.2) is 0 Å². The average Bonchev–Trinajstić information content (AvgIpc) is 3.35. The number of nitrogens with one attached hydrogen (secondary N) is 1. The van der Waals surface area contributed by atoms with Crippen LogP contribution in [0.2, 0.25) is 0 Å². The summed E-state index contributed by atoms with van der Waals surface area (Å²) in [7, 11) is 0. The second-order valence-corrected chi connectivity index (χ2v) is 7.66. The highest BCUT2D eigenvalue weighted by atomic mass is 19.4. The zero-order valence-electron chi connectivity index (χ0n) is 17.3. The van der Waals surface area contributed by atoms with E-state index in [0.717, 1.165) is 11.6 Å². The predicted octanol–water partition coefficient (Wildman–Crippen LogP) is 4.76. The minimum absolute atomic E-state index is 0.0289. The molecule has 4 aromatic rings. The van der Waals surface area contributed by atoms with E-state index in [4.69, 9.17) is 4.52 Å². The van der Waals surface area contributed by atoms with Gasteiger partial charge in [-0.1, -0.05) is 35.5 Å². The van der Waals surface area contributed by atoms with Crippen LogP contribution in [0.5, 0.6) is 0 Å². The summed E-state index contributed by atoms with van der Waals surface area (Å²) in [6, 6.07) is 13.9. The lowest BCUT2D eigenvalue weighted by atomic mass is 9.92. The van der Waals surface area contributed by atoms with E-state index in [2.05, 4.69) is 10.5 Å². The molecular weight excluding hydrogens is 441 g/mol. The van der Waals surface area contributed by atoms with Gasteiger partial charge in [0, 0.05) is 41.9 Å². The van der Waals surface area contributed by atoms with Gasteiger partial charge >= 0.3 is 6.18 Å². The minimum Gasteiger partial charge on any atom is -0.375 e. The molecule has 0 saturated carbocycles. The highest BCUT2D eigenvalue weighted by Gasteiger charge is 2.56. The van der Waals surface area contributed by atoms with Crippen LogP contribution < -0.4 is 5.32 Å². The molecule has 0 spiro atoms. The van der Waals surface area contributed by atoms with E-state index in [1.54, 1.807) is 37.3 Å². The van der Waals surface area contributed by atoms with E-state index < -0.39 is 28.8 Å². The van der Waals surface area contributed by atoms with Gasteiger partial charge in [0.25, 0.3) is 5.69 Å². The van der Waals surface area contributed by atoms with Gasteiger partial charge in [0.1, 0.15) is 0 Å². The molecule has 0 radical (unpaired) electrons. The standard InChI is InChI=1S/C22H19F3N4O4/c1-14-9-20(33-27-14)26-13-21(30,22(23,24)25)18-12-28(11-15-5-3-2-4-6-15)19-10-16(29(31)32)7-8-17(18)19/h2-10,12,26,30H,11,13H2,1H3. The quantitative estimate of drug-likeness (QED) is 0.304. The first-order valence-corrected chi connectivity index (χ1v) is 9.86. The van der Waals surface area contributed by atoms with Crippen LogP contribution in [0.25, 0.3) is 10.9 Å². The zero-order chi connectivity index (χ0) is 23.8. The van der Waals surface area contributed by atoms with Crippen LogP contribution in [0, 0.1) is 17.0 Å². The van der Waals surface area contributed by atoms with Crippen LogP contribution in [0.15, 0.2) is 65.3 Å². The van der Waals surface area contributed by atoms with Gasteiger partial charge in [-0.15, -0.1) is 0 Å². The number of anilines is 1. The number of non-ortho nitro benzene ring substituents is 1. The fraction of sp³-hybridized carbons (Fsp3) is 0.227. The smallest absolute Gasteiger partial charge is 0.375 e. The van der Waals surface area contributed by atoms with Crippen molar-refractivity contribution in [2.75, 3.05) is 11.9 Å². The van der Waals surface area contributed by atoms with Crippen molar-refractivity contribution in [3.63, 3.8) is 0 Å². The molecule has 0 aliphatic rings. The highest BCUT2D eigenvalue weighted by molar-refractivity contribution is 5.87.